The number of hydrogen-bond donors (Lipinski definition) is 1. The summed E-state index contributed by atoms with van der Waals surface area (Å²) >= 11 is 0. The Morgan fingerprint density at radius 3 is 2.51 bits per heavy atom. The van der Waals surface area contributed by atoms with Crippen LogP contribution in [0.25, 0.3) is 6.08 Å². The standard InChI is InChI=1S/C25H24F3N3O4/c1-3-6-21-29-23(22(32)18-10-12-19(13-11-18)25(26,27)28)31(30-21)14-5-8-17-7-4-9-20(15-17)35-16(2)24(33)34/h4-5,7-13,15-16H,3,6,14H2,1-2H3,(H,33,34)/b8-5+/t16-/m0/s1. The second-order valence-corrected chi connectivity index (χ2v) is 7.76. The number of carboxylic acid groups (broad SMARTS) is 1. The van der Waals surface area contributed by atoms with Crippen molar-refractivity contribution in [1.29, 1.82) is 0 Å². The highest BCUT2D eigenvalue weighted by Gasteiger charge is 2.30. The fraction of sp³-hybridized carbons (Fsp3) is 0.280. The molecule has 0 spiro atoms. The quantitative estimate of drug-likeness (QED) is 0.403. The van der Waals surface area contributed by atoms with Crippen LogP contribution in [0.15, 0.2) is 54.6 Å². The highest BCUT2D eigenvalue weighted by molar-refractivity contribution is 6.06. The van der Waals surface area contributed by atoms with Crippen molar-refractivity contribution in [3.8, 4) is 5.75 Å². The summed E-state index contributed by atoms with van der Waals surface area (Å²) in [4.78, 5) is 28.3. The maximum atomic E-state index is 13.0. The topological polar surface area (TPSA) is 94.3 Å². The van der Waals surface area contributed by atoms with Crippen LogP contribution in [0.3, 0.4) is 0 Å². The summed E-state index contributed by atoms with van der Waals surface area (Å²) in [5.74, 6) is -0.712. The van der Waals surface area contributed by atoms with Crippen LogP contribution in [0.4, 0.5) is 13.2 Å². The Morgan fingerprint density at radius 2 is 1.89 bits per heavy atom. The van der Waals surface area contributed by atoms with E-state index in [1.54, 1.807) is 36.4 Å². The number of ether oxygens (including phenoxy) is 1. The minimum Gasteiger partial charge on any atom is -0.479 e. The third-order valence-electron chi connectivity index (χ3n) is 4.97. The largest absolute Gasteiger partial charge is 0.479 e. The van der Waals surface area contributed by atoms with Crippen LogP contribution in [0.2, 0.25) is 0 Å². The summed E-state index contributed by atoms with van der Waals surface area (Å²) in [7, 11) is 0. The van der Waals surface area contributed by atoms with Gasteiger partial charge in [-0.15, -0.1) is 0 Å². The molecular formula is C25H24F3N3O4. The van der Waals surface area contributed by atoms with E-state index in [0.29, 0.717) is 18.0 Å². The molecule has 0 unspecified atom stereocenters. The summed E-state index contributed by atoms with van der Waals surface area (Å²) in [6.07, 6.45) is -0.686. The van der Waals surface area contributed by atoms with Crippen molar-refractivity contribution in [3.05, 3.63) is 82.9 Å². The average Bonchev–Trinajstić information content (AvgIpc) is 3.21. The minimum absolute atomic E-state index is 0.0326. The normalized spacial score (nSPS) is 12.6. The van der Waals surface area contributed by atoms with E-state index in [1.807, 2.05) is 6.92 Å². The van der Waals surface area contributed by atoms with Crippen LogP contribution in [-0.2, 0) is 23.9 Å². The number of alkyl halides is 3. The first kappa shape index (κ1) is 25.7. The smallest absolute Gasteiger partial charge is 0.416 e. The number of carbonyl (C=O) groups excluding carboxylic acids is 1. The summed E-state index contributed by atoms with van der Waals surface area (Å²) in [6.45, 7) is 3.56. The van der Waals surface area contributed by atoms with E-state index in [-0.39, 0.29) is 17.9 Å². The fourth-order valence-corrected chi connectivity index (χ4v) is 3.19. The van der Waals surface area contributed by atoms with Gasteiger partial charge in [0, 0.05) is 12.0 Å². The molecule has 0 fully saturated rings. The number of ketones is 1. The monoisotopic (exact) mass is 487 g/mol. The van der Waals surface area contributed by atoms with Gasteiger partial charge in [0.15, 0.2) is 17.8 Å². The Hall–Kier alpha value is -3.95. The molecule has 0 amide bonds. The van der Waals surface area contributed by atoms with Crippen LogP contribution in [0.1, 0.15) is 53.4 Å². The van der Waals surface area contributed by atoms with E-state index >= 15 is 0 Å². The van der Waals surface area contributed by atoms with Gasteiger partial charge >= 0.3 is 12.1 Å². The van der Waals surface area contributed by atoms with E-state index in [0.717, 1.165) is 36.2 Å². The molecule has 35 heavy (non-hydrogen) atoms. The summed E-state index contributed by atoms with van der Waals surface area (Å²) in [6, 6.07) is 10.8. The van der Waals surface area contributed by atoms with Gasteiger partial charge in [0.05, 0.1) is 12.1 Å². The predicted octanol–water partition coefficient (Wildman–Crippen LogP) is 5.05. The zero-order valence-electron chi connectivity index (χ0n) is 19.1. The van der Waals surface area contributed by atoms with Crippen molar-refractivity contribution in [2.75, 3.05) is 0 Å². The number of nitrogens with zero attached hydrogens (tertiary/aromatic N) is 3. The Morgan fingerprint density at radius 1 is 1.17 bits per heavy atom. The number of carbonyl (C=O) groups is 2. The number of aliphatic carboxylic acids is 1. The van der Waals surface area contributed by atoms with E-state index in [4.69, 9.17) is 9.84 Å². The van der Waals surface area contributed by atoms with Crippen LogP contribution in [-0.4, -0.2) is 37.7 Å². The average molecular weight is 487 g/mol. The molecule has 0 aliphatic carbocycles. The van der Waals surface area contributed by atoms with Crippen LogP contribution < -0.4 is 4.74 Å². The predicted molar refractivity (Wildman–Crippen MR) is 122 cm³/mol. The van der Waals surface area contributed by atoms with Gasteiger partial charge in [0.25, 0.3) is 0 Å². The molecule has 2 aromatic carbocycles. The molecule has 3 rings (SSSR count). The maximum Gasteiger partial charge on any atom is 0.416 e. The number of aromatic nitrogens is 3. The van der Waals surface area contributed by atoms with Crippen LogP contribution in [0, 0.1) is 0 Å². The molecule has 0 saturated carbocycles. The molecule has 0 radical (unpaired) electrons. The first-order valence-corrected chi connectivity index (χ1v) is 10.9. The molecule has 0 bridgehead atoms. The van der Waals surface area contributed by atoms with Gasteiger partial charge in [-0.1, -0.05) is 43.3 Å². The number of carboxylic acids is 1. The molecule has 7 nitrogen and oxygen atoms in total. The number of hydrogen-bond acceptors (Lipinski definition) is 5. The number of rotatable bonds is 10. The molecule has 0 aliphatic rings. The molecule has 0 aliphatic heterocycles. The number of benzene rings is 2. The van der Waals surface area contributed by atoms with Gasteiger partial charge in [-0.3, -0.25) is 4.79 Å². The lowest BCUT2D eigenvalue weighted by Gasteiger charge is -2.10. The highest BCUT2D eigenvalue weighted by Crippen LogP contribution is 2.29. The Labute approximate surface area is 199 Å². The second kappa shape index (κ2) is 11.0. The molecule has 1 atom stereocenters. The molecule has 10 heteroatoms. The van der Waals surface area contributed by atoms with Gasteiger partial charge in [-0.05, 0) is 43.2 Å². The zero-order valence-corrected chi connectivity index (χ0v) is 19.1. The highest BCUT2D eigenvalue weighted by atomic mass is 19.4. The molecular weight excluding hydrogens is 463 g/mol. The maximum absolute atomic E-state index is 13.0. The molecule has 1 aromatic heterocycles. The Kier molecular flexibility index (Phi) is 8.06. The number of allylic oxidation sites excluding steroid dienone is 1. The third-order valence-corrected chi connectivity index (χ3v) is 4.97. The van der Waals surface area contributed by atoms with Crippen molar-refractivity contribution in [2.24, 2.45) is 0 Å². The van der Waals surface area contributed by atoms with Crippen molar-refractivity contribution in [2.45, 2.75) is 45.5 Å². The zero-order chi connectivity index (χ0) is 25.6. The van der Waals surface area contributed by atoms with Crippen LogP contribution >= 0.6 is 0 Å². The first-order valence-electron chi connectivity index (χ1n) is 10.9. The second-order valence-electron chi connectivity index (χ2n) is 7.76. The first-order chi connectivity index (χ1) is 16.6. The molecule has 1 N–H and O–H groups in total. The van der Waals surface area contributed by atoms with Gasteiger partial charge in [-0.25, -0.2) is 14.5 Å². The van der Waals surface area contributed by atoms with Crippen LogP contribution in [0.5, 0.6) is 5.75 Å². The molecule has 0 saturated heterocycles. The molecule has 184 valence electrons. The fourth-order valence-electron chi connectivity index (χ4n) is 3.19. The Balaban J connectivity index is 1.80. The van der Waals surface area contributed by atoms with E-state index in [2.05, 4.69) is 10.1 Å². The summed E-state index contributed by atoms with van der Waals surface area (Å²) < 4.78 is 45.3. The SMILES string of the molecule is CCCc1nc(C(=O)c2ccc(C(F)(F)F)cc2)n(C/C=C/c2cccc(O[C@@H](C)C(=O)O)c2)n1. The summed E-state index contributed by atoms with van der Waals surface area (Å²) in [5, 5.41) is 13.4. The van der Waals surface area contributed by atoms with Gasteiger partial charge in [-0.2, -0.15) is 18.3 Å². The number of halogens is 3. The van der Waals surface area contributed by atoms with Crippen molar-refractivity contribution in [1.82, 2.24) is 14.8 Å². The van der Waals surface area contributed by atoms with Gasteiger partial charge in [0.1, 0.15) is 5.75 Å². The third kappa shape index (κ3) is 6.78. The lowest BCUT2D eigenvalue weighted by atomic mass is 10.1. The summed E-state index contributed by atoms with van der Waals surface area (Å²) in [5.41, 5.74) is -0.0187. The van der Waals surface area contributed by atoms with Gasteiger partial charge in [0.2, 0.25) is 5.78 Å². The van der Waals surface area contributed by atoms with Gasteiger partial charge < -0.3 is 9.84 Å². The van der Waals surface area contributed by atoms with Crippen molar-refractivity contribution < 1.29 is 32.6 Å². The Bertz CT molecular complexity index is 1220. The lowest BCUT2D eigenvalue weighted by Crippen LogP contribution is -2.22. The molecule has 3 aromatic rings. The minimum atomic E-state index is -4.49. The lowest BCUT2D eigenvalue weighted by molar-refractivity contribution is -0.144. The van der Waals surface area contributed by atoms with Crippen molar-refractivity contribution >= 4 is 17.8 Å². The van der Waals surface area contributed by atoms with E-state index in [1.165, 1.54) is 11.6 Å². The van der Waals surface area contributed by atoms with E-state index in [9.17, 15) is 22.8 Å². The van der Waals surface area contributed by atoms with Crippen molar-refractivity contribution in [3.63, 3.8) is 0 Å². The van der Waals surface area contributed by atoms with E-state index < -0.39 is 29.6 Å². The number of aryl methyl sites for hydroxylation is 1. The molecule has 1 heterocycles.